The van der Waals surface area contributed by atoms with Gasteiger partial charge in [-0.1, -0.05) is 18.2 Å². The van der Waals surface area contributed by atoms with Crippen LogP contribution in [-0.4, -0.2) is 18.2 Å². The fourth-order valence-electron chi connectivity index (χ4n) is 1.20. The first kappa shape index (κ1) is 8.93. The number of alkyl halides is 1. The minimum Gasteiger partial charge on any atom is -0.195 e. The van der Waals surface area contributed by atoms with Crippen molar-refractivity contribution in [1.29, 1.82) is 0 Å². The fraction of sp³-hybridized carbons (Fsp3) is 0.556. The van der Waals surface area contributed by atoms with E-state index in [4.69, 9.17) is 0 Å². The Kier molecular flexibility index (Phi) is 2.84. The van der Waals surface area contributed by atoms with Gasteiger partial charge in [0.1, 0.15) is 0 Å². The maximum absolute atomic E-state index is 13.9. The molecule has 11 heavy (non-hydrogen) atoms. The largest absolute Gasteiger partial charge is 0.233 e. The lowest BCUT2D eigenvalue weighted by atomic mass is 10.1. The highest BCUT2D eigenvalue weighted by Gasteiger charge is 2.38. The summed E-state index contributed by atoms with van der Waals surface area (Å²) in [5.74, 6) is 0. The third-order valence-corrected chi connectivity index (χ3v) is 5.11. The van der Waals surface area contributed by atoms with Crippen molar-refractivity contribution in [3.8, 4) is 0 Å². The molecule has 1 aliphatic carbocycles. The van der Waals surface area contributed by atoms with Gasteiger partial charge in [-0.15, -0.1) is 0 Å². The maximum atomic E-state index is 13.9. The Labute approximate surface area is 68.9 Å². The summed E-state index contributed by atoms with van der Waals surface area (Å²) >= 11 is 0. The third kappa shape index (κ3) is 1.90. The van der Waals surface area contributed by atoms with E-state index in [-0.39, 0.29) is 0 Å². The fourth-order valence-corrected chi connectivity index (χ4v) is 2.64. The van der Waals surface area contributed by atoms with Crippen LogP contribution < -0.4 is 0 Å². The highest BCUT2D eigenvalue weighted by molar-refractivity contribution is 7.58. The Balaban J connectivity index is 2.67. The van der Waals surface area contributed by atoms with E-state index < -0.39 is 13.3 Å². The van der Waals surface area contributed by atoms with E-state index in [2.05, 4.69) is 13.6 Å². The minimum atomic E-state index is -0.978. The van der Waals surface area contributed by atoms with Gasteiger partial charge in [-0.25, -0.2) is 0 Å². The molecule has 0 aromatic carbocycles. The third-order valence-electron chi connectivity index (χ3n) is 2.26. The van der Waals surface area contributed by atoms with E-state index in [9.17, 15) is 4.39 Å². The number of hydrogen-bond donors (Lipinski definition) is 0. The molecular formula is C9H15FP+. The van der Waals surface area contributed by atoms with Crippen molar-refractivity contribution in [2.24, 2.45) is 0 Å². The van der Waals surface area contributed by atoms with Crippen LogP contribution in [0.3, 0.4) is 0 Å². The molecule has 0 amide bonds. The summed E-state index contributed by atoms with van der Waals surface area (Å²) in [4.78, 5) is 0. The smallest absolute Gasteiger partial charge is 0.195 e. The lowest BCUT2D eigenvalue weighted by molar-refractivity contribution is 0.349. The lowest BCUT2D eigenvalue weighted by Crippen LogP contribution is -2.18. The molecule has 62 valence electrons. The number of allylic oxidation sites excluding steroid dienone is 4. The monoisotopic (exact) mass is 173 g/mol. The van der Waals surface area contributed by atoms with E-state index in [0.29, 0.717) is 6.42 Å². The predicted octanol–water partition coefficient (Wildman–Crippen LogP) is 3.03. The Morgan fingerprint density at radius 1 is 1.55 bits per heavy atom. The second-order valence-electron chi connectivity index (χ2n) is 2.99. The zero-order valence-corrected chi connectivity index (χ0v) is 8.10. The normalized spacial score (nSPS) is 32.3. The van der Waals surface area contributed by atoms with Crippen LogP contribution in [0.4, 0.5) is 4.39 Å². The second-order valence-corrected chi connectivity index (χ2v) is 6.09. The Morgan fingerprint density at radius 2 is 2.27 bits per heavy atom. The molecule has 0 aliphatic heterocycles. The van der Waals surface area contributed by atoms with Crippen molar-refractivity contribution in [1.82, 2.24) is 0 Å². The van der Waals surface area contributed by atoms with Crippen LogP contribution in [0.1, 0.15) is 13.3 Å². The Bertz CT molecular complexity index is 186. The summed E-state index contributed by atoms with van der Waals surface area (Å²) in [5, 5.41) is -0.978. The van der Waals surface area contributed by atoms with E-state index >= 15 is 0 Å². The van der Waals surface area contributed by atoms with Gasteiger partial charge >= 0.3 is 0 Å². The standard InChI is InChI=1S/C9H14FP/c1-3-11(2)9(10)7-5-4-6-8-9/h4-7H,3,8H2,1-2H3/p+1. The van der Waals surface area contributed by atoms with Crippen LogP contribution in [-0.2, 0) is 0 Å². The zero-order chi connectivity index (χ0) is 8.32. The molecule has 2 unspecified atom stereocenters. The quantitative estimate of drug-likeness (QED) is 0.563. The molecule has 0 aromatic heterocycles. The summed E-state index contributed by atoms with van der Waals surface area (Å²) < 4.78 is 13.9. The van der Waals surface area contributed by atoms with Crippen molar-refractivity contribution in [3.63, 3.8) is 0 Å². The topological polar surface area (TPSA) is 0 Å². The van der Waals surface area contributed by atoms with Crippen molar-refractivity contribution in [2.75, 3.05) is 12.8 Å². The highest BCUT2D eigenvalue weighted by Crippen LogP contribution is 2.51. The molecule has 1 rings (SSSR count). The molecule has 2 atom stereocenters. The van der Waals surface area contributed by atoms with E-state index in [1.54, 1.807) is 6.08 Å². The SMILES string of the molecule is CC[PH+](C)C1(F)C=CC=CC1. The Hall–Kier alpha value is -0.160. The molecule has 0 radical (unpaired) electrons. The second kappa shape index (κ2) is 3.49. The number of hydrogen-bond acceptors (Lipinski definition) is 0. The molecule has 0 saturated heterocycles. The lowest BCUT2D eigenvalue weighted by Gasteiger charge is -2.21. The van der Waals surface area contributed by atoms with Crippen molar-refractivity contribution in [3.05, 3.63) is 24.3 Å². The first-order valence-corrected chi connectivity index (χ1v) is 6.26. The minimum absolute atomic E-state index is 0.585. The molecule has 1 aliphatic rings. The molecule has 0 fully saturated rings. The van der Waals surface area contributed by atoms with E-state index in [1.165, 1.54) is 0 Å². The summed E-state index contributed by atoms with van der Waals surface area (Å²) in [6, 6.07) is 0. The van der Waals surface area contributed by atoms with Gasteiger partial charge in [-0.05, 0) is 13.0 Å². The molecule has 0 bridgehead atoms. The van der Waals surface area contributed by atoms with Gasteiger partial charge in [0.05, 0.1) is 12.8 Å². The van der Waals surface area contributed by atoms with Crippen LogP contribution >= 0.6 is 7.92 Å². The zero-order valence-electron chi connectivity index (χ0n) is 7.10. The highest BCUT2D eigenvalue weighted by atomic mass is 31.1. The predicted molar refractivity (Wildman–Crippen MR) is 51.5 cm³/mol. The first-order chi connectivity index (χ1) is 5.19. The summed E-state index contributed by atoms with van der Waals surface area (Å²) in [5.41, 5.74) is 0. The van der Waals surface area contributed by atoms with Crippen LogP contribution in [0.25, 0.3) is 0 Å². The van der Waals surface area contributed by atoms with Crippen molar-refractivity contribution < 1.29 is 4.39 Å². The van der Waals surface area contributed by atoms with Gasteiger partial charge in [0.2, 0.25) is 5.41 Å². The van der Waals surface area contributed by atoms with Gasteiger partial charge in [0.25, 0.3) is 0 Å². The van der Waals surface area contributed by atoms with Crippen molar-refractivity contribution >= 4 is 7.92 Å². The summed E-state index contributed by atoms with van der Waals surface area (Å²) in [6.07, 6.45) is 8.98. The van der Waals surface area contributed by atoms with E-state index in [1.807, 2.05) is 18.2 Å². The van der Waals surface area contributed by atoms with Gasteiger partial charge in [-0.3, -0.25) is 0 Å². The molecule has 0 nitrogen and oxygen atoms in total. The van der Waals surface area contributed by atoms with Crippen LogP contribution in [0, 0.1) is 0 Å². The van der Waals surface area contributed by atoms with Gasteiger partial charge in [0, 0.05) is 14.3 Å². The van der Waals surface area contributed by atoms with Gasteiger partial charge < -0.3 is 0 Å². The molecule has 0 spiro atoms. The number of halogens is 1. The molecule has 2 heteroatoms. The van der Waals surface area contributed by atoms with Crippen LogP contribution in [0.2, 0.25) is 0 Å². The Morgan fingerprint density at radius 3 is 2.73 bits per heavy atom. The summed E-state index contributed by atoms with van der Waals surface area (Å²) in [7, 11) is -0.833. The van der Waals surface area contributed by atoms with Crippen molar-refractivity contribution in [2.45, 2.75) is 18.8 Å². The molecular weight excluding hydrogens is 158 g/mol. The van der Waals surface area contributed by atoms with Gasteiger partial charge in [-0.2, -0.15) is 4.39 Å². The van der Waals surface area contributed by atoms with E-state index in [0.717, 1.165) is 6.16 Å². The number of rotatable bonds is 2. The molecule has 0 heterocycles. The van der Waals surface area contributed by atoms with Crippen LogP contribution in [0.5, 0.6) is 0 Å². The first-order valence-electron chi connectivity index (χ1n) is 4.05. The maximum Gasteiger partial charge on any atom is 0.233 e. The molecule has 0 aromatic rings. The average Bonchev–Trinajstić information content (AvgIpc) is 2.04. The molecule has 0 saturated carbocycles. The van der Waals surface area contributed by atoms with Gasteiger partial charge in [0.15, 0.2) is 0 Å². The van der Waals surface area contributed by atoms with Crippen LogP contribution in [0.15, 0.2) is 24.3 Å². The summed E-state index contributed by atoms with van der Waals surface area (Å²) in [6.45, 7) is 4.13. The molecule has 0 N–H and O–H groups in total. The average molecular weight is 173 g/mol.